The quantitative estimate of drug-likeness (QED) is 0.147. The molecule has 6 N–H and O–H groups in total. The van der Waals surface area contributed by atoms with E-state index < -0.39 is 0 Å². The Balaban J connectivity index is -0.0000000294. The minimum Gasteiger partial charge on any atom is -0.396 e. The zero-order chi connectivity index (χ0) is 24.7. The number of aliphatic hydroxyl groups is 6. The van der Waals surface area contributed by atoms with Crippen molar-refractivity contribution in [3.8, 4) is 0 Å². The summed E-state index contributed by atoms with van der Waals surface area (Å²) in [7, 11) is 0. The third kappa shape index (κ3) is 186. The maximum absolute atomic E-state index is 8.07. The molecule has 0 saturated heterocycles. The van der Waals surface area contributed by atoms with E-state index in [1.807, 2.05) is 0 Å². The first kappa shape index (κ1) is 59.4. The average Bonchev–Trinajstić information content (AvgIpc) is 2.74. The van der Waals surface area contributed by atoms with Crippen molar-refractivity contribution in [1.29, 1.82) is 0 Å². The molecule has 208 valence electrons. The maximum atomic E-state index is 8.07. The minimum absolute atomic E-state index is 0. The van der Waals surface area contributed by atoms with E-state index >= 15 is 0 Å². The van der Waals surface area contributed by atoms with Crippen molar-refractivity contribution in [3.05, 3.63) is 7.43 Å². The second-order valence-corrected chi connectivity index (χ2v) is 6.46. The van der Waals surface area contributed by atoms with E-state index in [1.165, 1.54) is 0 Å². The molecule has 6 nitrogen and oxygen atoms in total. The Bertz CT molecular complexity index is 124. The van der Waals surface area contributed by atoms with Gasteiger partial charge in [-0.25, -0.2) is 0 Å². The monoisotopic (exact) mass is 555 g/mol. The van der Waals surface area contributed by atoms with Crippen LogP contribution in [0.2, 0.25) is 0 Å². The van der Waals surface area contributed by atoms with Crippen LogP contribution in [-0.2, 0) is 43.4 Å². The Morgan fingerprint density at radius 1 is 0.303 bits per heavy atom. The largest absolute Gasteiger partial charge is 0.396 e. The molecule has 0 aliphatic heterocycles. The van der Waals surface area contributed by atoms with Gasteiger partial charge in [0.2, 0.25) is 0 Å². The zero-order valence-corrected chi connectivity index (χ0v) is 26.5. The van der Waals surface area contributed by atoms with E-state index in [-0.39, 0.29) is 50.9 Å². The molecule has 0 spiro atoms. The first-order chi connectivity index (χ1) is 14.5. The predicted molar refractivity (Wildman–Crippen MR) is 138 cm³/mol. The van der Waals surface area contributed by atoms with Gasteiger partial charge < -0.3 is 38.1 Å². The minimum atomic E-state index is 0. The molecule has 8 heteroatoms. The molecule has 0 aliphatic rings. The Kier molecular flexibility index (Phi) is 168. The molecule has 0 aromatic rings. The normalized spacial score (nSPS) is 7.64. The molecule has 0 atom stereocenters. The third-order valence-electron chi connectivity index (χ3n) is 3.07. The predicted octanol–water partition coefficient (Wildman–Crippen LogP) is 5.12. The molecule has 33 heavy (non-hydrogen) atoms. The maximum Gasteiger partial charge on any atom is 0.0430 e. The van der Waals surface area contributed by atoms with E-state index in [0.29, 0.717) is 39.6 Å². The summed E-state index contributed by atoms with van der Waals surface area (Å²) in [5, 5.41) is 48.4. The molecular weight excluding hydrogens is 492 g/mol. The number of rotatable bonds is 12. The van der Waals surface area contributed by atoms with Gasteiger partial charge in [0.05, 0.1) is 0 Å². The summed E-state index contributed by atoms with van der Waals surface area (Å²) >= 11 is 0. The molecule has 0 aliphatic carbocycles. The van der Waals surface area contributed by atoms with E-state index in [2.05, 4.69) is 41.5 Å². The Morgan fingerprint density at radius 2 is 0.394 bits per heavy atom. The second kappa shape index (κ2) is 93.4. The number of hydrogen-bond acceptors (Lipinski definition) is 6. The summed E-state index contributed by atoms with van der Waals surface area (Å²) in [6.45, 7) is 14.4. The van der Waals surface area contributed by atoms with Gasteiger partial charge in [-0.2, -0.15) is 0 Å². The number of hydrogen-bond donors (Lipinski definition) is 6. The van der Waals surface area contributed by atoms with Crippen molar-refractivity contribution in [2.24, 2.45) is 0 Å². The van der Waals surface area contributed by atoms with Crippen LogP contribution >= 0.6 is 0 Å². The van der Waals surface area contributed by atoms with Crippen LogP contribution in [-0.4, -0.2) is 70.3 Å². The van der Waals surface area contributed by atoms with Crippen LogP contribution < -0.4 is 0 Å². The second-order valence-electron chi connectivity index (χ2n) is 6.46. The molecular formula is C25H63O6Ti2-. The fraction of sp³-hybridized carbons (Fsp3) is 0.960. The van der Waals surface area contributed by atoms with Gasteiger partial charge in [0.25, 0.3) is 0 Å². The molecule has 0 saturated carbocycles. The SMILES string of the molecule is CCCCO.CCCCO.CCCCO.CCCCO.CCCCO.CCCCO.[CH3-].[Ti].[Ti]. The Morgan fingerprint density at radius 3 is 0.394 bits per heavy atom. The molecule has 0 radical (unpaired) electrons. The van der Waals surface area contributed by atoms with Gasteiger partial charge in [-0.1, -0.05) is 80.1 Å². The van der Waals surface area contributed by atoms with Gasteiger partial charge in [-0.05, 0) is 38.5 Å². The average molecular weight is 556 g/mol. The van der Waals surface area contributed by atoms with Crippen molar-refractivity contribution in [3.63, 3.8) is 0 Å². The first-order valence-corrected chi connectivity index (χ1v) is 12.1. The van der Waals surface area contributed by atoms with Crippen molar-refractivity contribution >= 4 is 0 Å². The van der Waals surface area contributed by atoms with Crippen LogP contribution in [0.5, 0.6) is 0 Å². The first-order valence-electron chi connectivity index (χ1n) is 12.1. The van der Waals surface area contributed by atoms with Gasteiger partial charge >= 0.3 is 0 Å². The summed E-state index contributed by atoms with van der Waals surface area (Å²) in [4.78, 5) is 0. The topological polar surface area (TPSA) is 121 Å². The smallest absolute Gasteiger partial charge is 0.0430 e. The molecule has 0 fully saturated rings. The van der Waals surface area contributed by atoms with Crippen LogP contribution in [0.3, 0.4) is 0 Å². The standard InChI is InChI=1S/6C4H10O.CH3.2Ti/c6*1-2-3-4-5;;;/h6*5H,2-4H2,1H3;1H3;;/q;;;;;;-1;;. The zero-order valence-electron chi connectivity index (χ0n) is 23.4. The summed E-state index contributed by atoms with van der Waals surface area (Å²) < 4.78 is 0. The summed E-state index contributed by atoms with van der Waals surface area (Å²) in [5.74, 6) is 0. The van der Waals surface area contributed by atoms with Crippen molar-refractivity contribution < 1.29 is 74.1 Å². The molecule has 0 amide bonds. The van der Waals surface area contributed by atoms with Crippen LogP contribution in [0.25, 0.3) is 0 Å². The summed E-state index contributed by atoms with van der Waals surface area (Å²) in [5.41, 5.74) is 0. The van der Waals surface area contributed by atoms with E-state index in [4.69, 9.17) is 30.6 Å². The van der Waals surface area contributed by atoms with Crippen LogP contribution in [0.4, 0.5) is 0 Å². The van der Waals surface area contributed by atoms with Gasteiger partial charge in [-0.3, -0.25) is 0 Å². The molecule has 0 heterocycles. The van der Waals surface area contributed by atoms with Gasteiger partial charge in [0, 0.05) is 83.1 Å². The molecule has 0 bridgehead atoms. The van der Waals surface area contributed by atoms with Gasteiger partial charge in [-0.15, -0.1) is 0 Å². The molecule has 0 aromatic heterocycles. The van der Waals surface area contributed by atoms with Crippen LogP contribution in [0.15, 0.2) is 0 Å². The molecule has 0 unspecified atom stereocenters. The van der Waals surface area contributed by atoms with Crippen LogP contribution in [0, 0.1) is 7.43 Å². The summed E-state index contributed by atoms with van der Waals surface area (Å²) in [6.07, 6.45) is 12.2. The van der Waals surface area contributed by atoms with Crippen molar-refractivity contribution in [2.45, 2.75) is 119 Å². The van der Waals surface area contributed by atoms with Gasteiger partial charge in [0.1, 0.15) is 0 Å². The van der Waals surface area contributed by atoms with Crippen molar-refractivity contribution in [2.75, 3.05) is 39.6 Å². The Labute approximate surface area is 238 Å². The third-order valence-corrected chi connectivity index (χ3v) is 3.07. The molecule has 0 aromatic carbocycles. The van der Waals surface area contributed by atoms with Crippen molar-refractivity contribution in [1.82, 2.24) is 0 Å². The Hall–Kier alpha value is 1.19. The number of unbranched alkanes of at least 4 members (excludes halogenated alkanes) is 6. The molecule has 0 rings (SSSR count). The fourth-order valence-corrected chi connectivity index (χ4v) is 0.949. The summed E-state index contributed by atoms with van der Waals surface area (Å²) in [6, 6.07) is 0. The van der Waals surface area contributed by atoms with E-state index in [1.54, 1.807) is 0 Å². The van der Waals surface area contributed by atoms with E-state index in [0.717, 1.165) is 77.0 Å². The fourth-order valence-electron chi connectivity index (χ4n) is 0.949. The van der Waals surface area contributed by atoms with Crippen LogP contribution in [0.1, 0.15) is 119 Å². The number of aliphatic hydroxyl groups excluding tert-OH is 6. The van der Waals surface area contributed by atoms with Gasteiger partial charge in [0.15, 0.2) is 0 Å². The van der Waals surface area contributed by atoms with E-state index in [9.17, 15) is 0 Å².